The molecular weight excluding hydrogens is 350 g/mol. The smallest absolute Gasteiger partial charge is 0.198 e. The number of Topliss-reactive ketones (excluding diaryl/α,β-unsaturated/α-hetero) is 1. The number of ketones is 1. The van der Waals surface area contributed by atoms with Gasteiger partial charge in [0.2, 0.25) is 0 Å². The Kier molecular flexibility index (Phi) is 6.31. The first-order valence-corrected chi connectivity index (χ1v) is 8.79. The molecule has 0 radical (unpaired) electrons. The molecule has 1 aromatic heterocycles. The Morgan fingerprint density at radius 1 is 1.60 bits per heavy atom. The van der Waals surface area contributed by atoms with Crippen LogP contribution in [-0.4, -0.2) is 55.7 Å². The molecule has 0 saturated carbocycles. The third-order valence-corrected chi connectivity index (χ3v) is 4.23. The Morgan fingerprint density at radius 3 is 2.80 bits per heavy atom. The summed E-state index contributed by atoms with van der Waals surface area (Å²) in [5.41, 5.74) is 6.11. The van der Waals surface area contributed by atoms with Crippen LogP contribution in [0.25, 0.3) is 0 Å². The number of ether oxygens (including phenoxy) is 1. The average molecular weight is 368 g/mol. The van der Waals surface area contributed by atoms with Gasteiger partial charge in [-0.25, -0.2) is 8.42 Å². The van der Waals surface area contributed by atoms with E-state index in [2.05, 4.69) is 21.0 Å². The highest BCUT2D eigenvalue weighted by Crippen LogP contribution is 2.18. The van der Waals surface area contributed by atoms with Crippen LogP contribution >= 0.6 is 15.9 Å². The molecule has 1 heterocycles. The van der Waals surface area contributed by atoms with Gasteiger partial charge < -0.3 is 10.5 Å². The zero-order valence-corrected chi connectivity index (χ0v) is 13.8. The van der Waals surface area contributed by atoms with E-state index in [1.165, 1.54) is 10.9 Å². The molecule has 1 rings (SSSR count). The molecule has 9 heteroatoms. The minimum absolute atomic E-state index is 0.0829. The van der Waals surface area contributed by atoms with E-state index in [1.807, 2.05) is 0 Å². The van der Waals surface area contributed by atoms with Gasteiger partial charge in [-0.2, -0.15) is 5.10 Å². The van der Waals surface area contributed by atoms with Gasteiger partial charge in [-0.1, -0.05) is 0 Å². The topological polar surface area (TPSA) is 104 Å². The molecule has 0 saturated heterocycles. The lowest BCUT2D eigenvalue weighted by atomic mass is 10.1. The lowest BCUT2D eigenvalue weighted by Gasteiger charge is -2.12. The second-order valence-electron chi connectivity index (χ2n) is 4.45. The summed E-state index contributed by atoms with van der Waals surface area (Å²) in [6.07, 6.45) is 2.70. The summed E-state index contributed by atoms with van der Waals surface area (Å²) >= 11 is 3.25. The molecule has 0 fully saturated rings. The Hall–Kier alpha value is -0.770. The summed E-state index contributed by atoms with van der Waals surface area (Å²) in [6.45, 7) is 0.828. The molecule has 0 aliphatic heterocycles. The van der Waals surface area contributed by atoms with Crippen LogP contribution in [0, 0.1) is 0 Å². The molecular formula is C11H18BrN3O4S. The third-order valence-electron chi connectivity index (χ3n) is 2.67. The van der Waals surface area contributed by atoms with Crippen LogP contribution < -0.4 is 5.73 Å². The second kappa shape index (κ2) is 7.30. The highest BCUT2D eigenvalue weighted by molar-refractivity contribution is 9.10. The molecule has 2 N–H and O–H groups in total. The number of rotatable bonds is 8. The van der Waals surface area contributed by atoms with Crippen LogP contribution in [0.2, 0.25) is 0 Å². The SMILES string of the molecule is COCCn1ncc(Br)c1C(=O)C(N)CCS(C)(=O)=O. The van der Waals surface area contributed by atoms with Crippen LogP contribution in [0.4, 0.5) is 0 Å². The Balaban J connectivity index is 2.82. The van der Waals surface area contributed by atoms with Gasteiger partial charge in [-0.3, -0.25) is 9.48 Å². The Labute approximate surface area is 126 Å². The molecule has 0 aliphatic rings. The lowest BCUT2D eigenvalue weighted by molar-refractivity contribution is 0.0944. The maximum Gasteiger partial charge on any atom is 0.198 e. The molecule has 20 heavy (non-hydrogen) atoms. The summed E-state index contributed by atoms with van der Waals surface area (Å²) in [5.74, 6) is -0.460. The second-order valence-corrected chi connectivity index (χ2v) is 7.56. The van der Waals surface area contributed by atoms with Crippen molar-refractivity contribution in [2.45, 2.75) is 19.0 Å². The van der Waals surface area contributed by atoms with Crippen LogP contribution in [-0.2, 0) is 21.1 Å². The van der Waals surface area contributed by atoms with Crippen LogP contribution in [0.15, 0.2) is 10.7 Å². The molecule has 0 bridgehead atoms. The van der Waals surface area contributed by atoms with E-state index in [0.717, 1.165) is 6.26 Å². The van der Waals surface area contributed by atoms with Gasteiger partial charge in [-0.05, 0) is 22.4 Å². The zero-order valence-electron chi connectivity index (χ0n) is 11.4. The number of hydrogen-bond donors (Lipinski definition) is 1. The summed E-state index contributed by atoms with van der Waals surface area (Å²) < 4.78 is 29.2. The first kappa shape index (κ1) is 17.3. The minimum Gasteiger partial charge on any atom is -0.383 e. The van der Waals surface area contributed by atoms with Crippen molar-refractivity contribution in [1.82, 2.24) is 9.78 Å². The molecule has 0 spiro atoms. The highest BCUT2D eigenvalue weighted by Gasteiger charge is 2.23. The van der Waals surface area contributed by atoms with E-state index in [4.69, 9.17) is 10.5 Å². The molecule has 1 aromatic rings. The summed E-state index contributed by atoms with van der Waals surface area (Å²) in [5, 5.41) is 4.06. The first-order chi connectivity index (χ1) is 9.26. The Bertz CT molecular complexity index is 570. The molecule has 1 atom stereocenters. The summed E-state index contributed by atoms with van der Waals surface area (Å²) in [7, 11) is -1.59. The van der Waals surface area contributed by atoms with Gasteiger partial charge in [0, 0.05) is 13.4 Å². The zero-order chi connectivity index (χ0) is 15.3. The molecule has 7 nitrogen and oxygen atoms in total. The number of sulfone groups is 1. The Morgan fingerprint density at radius 2 is 2.25 bits per heavy atom. The van der Waals surface area contributed by atoms with Crippen molar-refractivity contribution in [3.05, 3.63) is 16.4 Å². The van der Waals surface area contributed by atoms with Gasteiger partial charge in [0.1, 0.15) is 15.5 Å². The van der Waals surface area contributed by atoms with Crippen molar-refractivity contribution >= 4 is 31.6 Å². The van der Waals surface area contributed by atoms with Crippen molar-refractivity contribution in [2.24, 2.45) is 5.73 Å². The van der Waals surface area contributed by atoms with Crippen LogP contribution in [0.5, 0.6) is 0 Å². The van der Waals surface area contributed by atoms with E-state index < -0.39 is 15.9 Å². The minimum atomic E-state index is -3.14. The van der Waals surface area contributed by atoms with E-state index in [-0.39, 0.29) is 18.0 Å². The fraction of sp³-hybridized carbons (Fsp3) is 0.636. The van der Waals surface area contributed by atoms with Gasteiger partial charge in [0.15, 0.2) is 5.78 Å². The largest absolute Gasteiger partial charge is 0.383 e. The number of aromatic nitrogens is 2. The molecule has 114 valence electrons. The van der Waals surface area contributed by atoms with E-state index in [0.29, 0.717) is 23.3 Å². The van der Waals surface area contributed by atoms with Crippen molar-refractivity contribution in [3.63, 3.8) is 0 Å². The number of hydrogen-bond acceptors (Lipinski definition) is 6. The standard InChI is InChI=1S/C11H18BrN3O4S/c1-19-5-4-15-10(8(12)7-14-15)11(16)9(13)3-6-20(2,17)18/h7,9H,3-6,13H2,1-2H3. The lowest BCUT2D eigenvalue weighted by Crippen LogP contribution is -2.34. The van der Waals surface area contributed by atoms with Crippen molar-refractivity contribution in [2.75, 3.05) is 25.7 Å². The number of methoxy groups -OCH3 is 1. The average Bonchev–Trinajstić information content (AvgIpc) is 2.72. The number of nitrogens with zero attached hydrogens (tertiary/aromatic N) is 2. The fourth-order valence-electron chi connectivity index (χ4n) is 1.60. The maximum atomic E-state index is 12.3. The first-order valence-electron chi connectivity index (χ1n) is 5.94. The molecule has 0 amide bonds. The van der Waals surface area contributed by atoms with Crippen molar-refractivity contribution < 1.29 is 17.9 Å². The quantitative estimate of drug-likeness (QED) is 0.659. The van der Waals surface area contributed by atoms with E-state index in [1.54, 1.807) is 7.11 Å². The van der Waals surface area contributed by atoms with Crippen molar-refractivity contribution in [1.29, 1.82) is 0 Å². The maximum absolute atomic E-state index is 12.3. The number of carbonyl (C=O) groups excluding carboxylic acids is 1. The third kappa shape index (κ3) is 4.97. The van der Waals surface area contributed by atoms with Crippen LogP contribution in [0.3, 0.4) is 0 Å². The van der Waals surface area contributed by atoms with Crippen LogP contribution in [0.1, 0.15) is 16.9 Å². The number of carbonyl (C=O) groups is 1. The van der Waals surface area contributed by atoms with Gasteiger partial charge in [-0.15, -0.1) is 0 Å². The molecule has 0 aliphatic carbocycles. The van der Waals surface area contributed by atoms with E-state index in [9.17, 15) is 13.2 Å². The fourth-order valence-corrected chi connectivity index (χ4v) is 2.78. The molecule has 1 unspecified atom stereocenters. The normalized spacial score (nSPS) is 13.4. The monoisotopic (exact) mass is 367 g/mol. The van der Waals surface area contributed by atoms with Crippen molar-refractivity contribution in [3.8, 4) is 0 Å². The van der Waals surface area contributed by atoms with Gasteiger partial charge in [0.05, 0.1) is 35.6 Å². The predicted octanol–water partition coefficient (Wildman–Crippen LogP) is 0.237. The predicted molar refractivity (Wildman–Crippen MR) is 78.4 cm³/mol. The van der Waals surface area contributed by atoms with Gasteiger partial charge in [0.25, 0.3) is 0 Å². The summed E-state index contributed by atoms with van der Waals surface area (Å²) in [4.78, 5) is 12.3. The highest BCUT2D eigenvalue weighted by atomic mass is 79.9. The number of halogens is 1. The number of nitrogens with two attached hydrogens (primary N) is 1. The van der Waals surface area contributed by atoms with E-state index >= 15 is 0 Å². The molecule has 0 aromatic carbocycles. The summed E-state index contributed by atoms with van der Waals surface area (Å²) in [6, 6.07) is -0.876. The van der Waals surface area contributed by atoms with Gasteiger partial charge >= 0.3 is 0 Å².